The molecule has 3 aliphatic rings. The molecule has 2 atom stereocenters. The van der Waals surface area contributed by atoms with Crippen LogP contribution in [0.1, 0.15) is 77.2 Å². The van der Waals surface area contributed by atoms with Crippen molar-refractivity contribution in [1.82, 2.24) is 4.31 Å². The highest BCUT2D eigenvalue weighted by Crippen LogP contribution is 2.57. The van der Waals surface area contributed by atoms with Crippen LogP contribution in [0.5, 0.6) is 0 Å². The second-order valence-corrected chi connectivity index (χ2v) is 11.5. The summed E-state index contributed by atoms with van der Waals surface area (Å²) in [6.45, 7) is 7.36. The van der Waals surface area contributed by atoms with Gasteiger partial charge in [0.15, 0.2) is 0 Å². The second kappa shape index (κ2) is 5.82. The molecule has 1 saturated heterocycles. The summed E-state index contributed by atoms with van der Waals surface area (Å²) < 4.78 is 28.3. The zero-order valence-corrected chi connectivity index (χ0v) is 16.6. The van der Waals surface area contributed by atoms with Gasteiger partial charge in [-0.15, -0.1) is 0 Å². The molecule has 0 aromatic heterocycles. The maximum Gasteiger partial charge on any atom is 0.243 e. The topological polar surface area (TPSA) is 37.4 Å². The average Bonchev–Trinajstić information content (AvgIpc) is 3.05. The van der Waals surface area contributed by atoms with E-state index in [0.717, 1.165) is 12.8 Å². The summed E-state index contributed by atoms with van der Waals surface area (Å²) in [5.41, 5.74) is 1.53. The predicted molar refractivity (Wildman–Crippen MR) is 101 cm³/mol. The molecule has 2 aliphatic carbocycles. The maximum absolute atomic E-state index is 13.3. The van der Waals surface area contributed by atoms with E-state index in [1.807, 2.05) is 12.1 Å². The summed E-state index contributed by atoms with van der Waals surface area (Å²) in [6, 6.07) is 7.95. The molecule has 3 nitrogen and oxygen atoms in total. The van der Waals surface area contributed by atoms with Crippen molar-refractivity contribution in [3.05, 3.63) is 29.8 Å². The summed E-state index contributed by atoms with van der Waals surface area (Å²) in [4.78, 5) is 0.471. The Hall–Kier alpha value is -0.870. The minimum Gasteiger partial charge on any atom is -0.207 e. The molecule has 138 valence electrons. The number of sulfonamides is 1. The highest BCUT2D eigenvalue weighted by molar-refractivity contribution is 7.89. The van der Waals surface area contributed by atoms with Crippen LogP contribution in [0.2, 0.25) is 0 Å². The first-order chi connectivity index (χ1) is 11.7. The van der Waals surface area contributed by atoms with E-state index in [-0.39, 0.29) is 16.9 Å². The zero-order valence-electron chi connectivity index (χ0n) is 15.8. The molecule has 1 heterocycles. The van der Waals surface area contributed by atoms with Crippen molar-refractivity contribution < 1.29 is 8.42 Å². The molecule has 0 N–H and O–H groups in total. The van der Waals surface area contributed by atoms with Gasteiger partial charge in [0.2, 0.25) is 10.0 Å². The van der Waals surface area contributed by atoms with E-state index in [9.17, 15) is 8.42 Å². The zero-order chi connectivity index (χ0) is 17.9. The third kappa shape index (κ3) is 2.95. The van der Waals surface area contributed by atoms with Gasteiger partial charge < -0.3 is 0 Å². The Bertz CT molecular complexity index is 744. The minimum absolute atomic E-state index is 0.0715. The van der Waals surface area contributed by atoms with Gasteiger partial charge in [0.1, 0.15) is 0 Å². The number of fused-ring (bicyclic) bond motifs is 2. The lowest BCUT2D eigenvalue weighted by Gasteiger charge is -2.40. The van der Waals surface area contributed by atoms with Crippen molar-refractivity contribution in [3.8, 4) is 0 Å². The largest absolute Gasteiger partial charge is 0.243 e. The minimum atomic E-state index is -3.39. The highest BCUT2D eigenvalue weighted by atomic mass is 32.2. The molecule has 1 aliphatic heterocycles. The van der Waals surface area contributed by atoms with Gasteiger partial charge in [-0.1, -0.05) is 52.2 Å². The number of benzene rings is 1. The van der Waals surface area contributed by atoms with Crippen molar-refractivity contribution in [2.24, 2.45) is 10.8 Å². The summed E-state index contributed by atoms with van der Waals surface area (Å²) in [6.07, 6.45) is 8.55. The molecule has 0 spiro atoms. The van der Waals surface area contributed by atoms with E-state index in [2.05, 4.69) is 32.9 Å². The van der Waals surface area contributed by atoms with E-state index in [1.165, 1.54) is 37.7 Å². The van der Waals surface area contributed by atoms with Gasteiger partial charge in [0.25, 0.3) is 0 Å². The molecular formula is C21H31NO2S. The number of hydrogen-bond donors (Lipinski definition) is 0. The molecule has 4 heteroatoms. The lowest BCUT2D eigenvalue weighted by Crippen LogP contribution is -2.47. The molecule has 4 rings (SSSR count). The van der Waals surface area contributed by atoms with E-state index in [1.54, 1.807) is 4.31 Å². The predicted octanol–water partition coefficient (Wildman–Crippen LogP) is 4.93. The van der Waals surface area contributed by atoms with Gasteiger partial charge in [0, 0.05) is 12.6 Å². The van der Waals surface area contributed by atoms with Crippen LogP contribution in [-0.2, 0) is 10.0 Å². The van der Waals surface area contributed by atoms with Crippen molar-refractivity contribution in [2.75, 3.05) is 6.54 Å². The van der Waals surface area contributed by atoms with Crippen LogP contribution in [0.4, 0.5) is 0 Å². The summed E-state index contributed by atoms with van der Waals surface area (Å²) in [7, 11) is -3.39. The van der Waals surface area contributed by atoms with Crippen LogP contribution in [0, 0.1) is 10.8 Å². The van der Waals surface area contributed by atoms with Gasteiger partial charge in [0.05, 0.1) is 4.90 Å². The molecule has 0 amide bonds. The van der Waals surface area contributed by atoms with E-state index < -0.39 is 10.0 Å². The van der Waals surface area contributed by atoms with Gasteiger partial charge in [-0.25, -0.2) is 8.42 Å². The second-order valence-electron chi connectivity index (χ2n) is 9.65. The monoisotopic (exact) mass is 361 g/mol. The van der Waals surface area contributed by atoms with Gasteiger partial charge in [-0.2, -0.15) is 4.31 Å². The Morgan fingerprint density at radius 3 is 2.20 bits per heavy atom. The lowest BCUT2D eigenvalue weighted by molar-refractivity contribution is 0.138. The fourth-order valence-corrected chi connectivity index (χ4v) is 7.79. The van der Waals surface area contributed by atoms with Gasteiger partial charge in [-0.3, -0.25) is 0 Å². The van der Waals surface area contributed by atoms with Crippen molar-refractivity contribution >= 4 is 10.0 Å². The number of nitrogens with zero attached hydrogens (tertiary/aromatic N) is 1. The number of hydrogen-bond acceptors (Lipinski definition) is 2. The quantitative estimate of drug-likeness (QED) is 0.765. The molecular weight excluding hydrogens is 330 g/mol. The Morgan fingerprint density at radius 1 is 1.00 bits per heavy atom. The number of piperidine rings is 1. The first-order valence-corrected chi connectivity index (χ1v) is 11.3. The smallest absolute Gasteiger partial charge is 0.207 e. The molecule has 25 heavy (non-hydrogen) atoms. The molecule has 0 radical (unpaired) electrons. The van der Waals surface area contributed by atoms with Gasteiger partial charge >= 0.3 is 0 Å². The van der Waals surface area contributed by atoms with Crippen LogP contribution in [0.15, 0.2) is 29.2 Å². The van der Waals surface area contributed by atoms with E-state index >= 15 is 0 Å². The van der Waals surface area contributed by atoms with Crippen molar-refractivity contribution in [3.63, 3.8) is 0 Å². The highest BCUT2D eigenvalue weighted by Gasteiger charge is 2.59. The summed E-state index contributed by atoms with van der Waals surface area (Å²) in [5.74, 6) is 0.617. The van der Waals surface area contributed by atoms with Crippen LogP contribution in [0.3, 0.4) is 0 Å². The third-order valence-corrected chi connectivity index (χ3v) is 8.79. The van der Waals surface area contributed by atoms with E-state index in [0.29, 0.717) is 17.4 Å². The van der Waals surface area contributed by atoms with E-state index in [4.69, 9.17) is 0 Å². The SMILES string of the molecule is CC12CC(N(S(=O)(=O)c3ccc(C4CCCCC4)cc3)C1)C(C)(C)C2. The van der Waals surface area contributed by atoms with Crippen LogP contribution in [-0.4, -0.2) is 25.3 Å². The standard InChI is InChI=1S/C21H31NO2S/c1-20(2)14-21(3)13-19(20)22(15-21)25(23,24)18-11-9-17(10-12-18)16-7-5-4-6-8-16/h9-12,16,19H,4-8,13-15H2,1-3H3. The summed E-state index contributed by atoms with van der Waals surface area (Å²) in [5, 5.41) is 0. The van der Waals surface area contributed by atoms with Gasteiger partial charge in [-0.05, 0) is 60.1 Å². The summed E-state index contributed by atoms with van der Waals surface area (Å²) >= 11 is 0. The molecule has 2 unspecified atom stereocenters. The van der Waals surface area contributed by atoms with Crippen LogP contribution >= 0.6 is 0 Å². The first kappa shape index (κ1) is 17.5. The molecule has 1 aromatic rings. The Labute approximate surface area is 152 Å². The molecule has 3 fully saturated rings. The Morgan fingerprint density at radius 2 is 1.64 bits per heavy atom. The third-order valence-electron chi connectivity index (χ3n) is 6.92. The van der Waals surface area contributed by atoms with Crippen LogP contribution in [0.25, 0.3) is 0 Å². The molecule has 2 saturated carbocycles. The normalized spacial score (nSPS) is 33.0. The molecule has 1 aromatic carbocycles. The first-order valence-electron chi connectivity index (χ1n) is 9.83. The van der Waals surface area contributed by atoms with Crippen molar-refractivity contribution in [1.29, 1.82) is 0 Å². The Kier molecular flexibility index (Phi) is 4.08. The number of rotatable bonds is 3. The maximum atomic E-state index is 13.3. The average molecular weight is 362 g/mol. The van der Waals surface area contributed by atoms with Crippen molar-refractivity contribution in [2.45, 2.75) is 82.6 Å². The fourth-order valence-electron chi connectivity index (χ4n) is 5.87. The lowest BCUT2D eigenvalue weighted by atomic mass is 9.80. The fraction of sp³-hybridized carbons (Fsp3) is 0.714. The Balaban J connectivity index is 1.59. The molecule has 2 bridgehead atoms. The van der Waals surface area contributed by atoms with Crippen LogP contribution < -0.4 is 0 Å².